The van der Waals surface area contributed by atoms with Crippen molar-refractivity contribution in [3.63, 3.8) is 0 Å². The Morgan fingerprint density at radius 2 is 1.72 bits per heavy atom. The van der Waals surface area contributed by atoms with Gasteiger partial charge in [0.1, 0.15) is 5.54 Å². The average molecular weight is 337 g/mol. The molecular formula is C21H27N3O. The van der Waals surface area contributed by atoms with Gasteiger partial charge in [-0.2, -0.15) is 0 Å². The third-order valence-electron chi connectivity index (χ3n) is 5.18. The van der Waals surface area contributed by atoms with Gasteiger partial charge in [0.2, 0.25) is 5.91 Å². The molecule has 0 saturated carbocycles. The Hall–Kier alpha value is -2.33. The molecule has 1 heterocycles. The van der Waals surface area contributed by atoms with E-state index >= 15 is 0 Å². The lowest BCUT2D eigenvalue weighted by atomic mass is 9.86. The molecule has 0 radical (unpaired) electrons. The number of primary amides is 1. The Bertz CT molecular complexity index is 689. The fraction of sp³-hybridized carbons (Fsp3) is 0.381. The molecule has 1 fully saturated rings. The predicted octanol–water partition coefficient (Wildman–Crippen LogP) is 2.97. The molecule has 0 spiro atoms. The molecule has 4 nitrogen and oxygen atoms in total. The summed E-state index contributed by atoms with van der Waals surface area (Å²) in [5.74, 6) is -0.254. The number of benzene rings is 2. The first kappa shape index (κ1) is 17.5. The Kier molecular flexibility index (Phi) is 5.39. The summed E-state index contributed by atoms with van der Waals surface area (Å²) < 4.78 is 0. The number of hydrogen-bond acceptors (Lipinski definition) is 3. The molecule has 1 saturated heterocycles. The number of anilines is 1. The molecule has 0 bridgehead atoms. The van der Waals surface area contributed by atoms with Crippen LogP contribution in [0.1, 0.15) is 24.0 Å². The second kappa shape index (κ2) is 7.70. The van der Waals surface area contributed by atoms with Crippen molar-refractivity contribution in [1.29, 1.82) is 0 Å². The van der Waals surface area contributed by atoms with E-state index in [4.69, 9.17) is 5.73 Å². The van der Waals surface area contributed by atoms with E-state index in [-0.39, 0.29) is 5.91 Å². The largest absolute Gasteiger partial charge is 0.371 e. The molecule has 2 aromatic rings. The lowest BCUT2D eigenvalue weighted by Gasteiger charge is -2.40. The molecule has 1 aliphatic heterocycles. The van der Waals surface area contributed by atoms with Gasteiger partial charge in [-0.15, -0.1) is 0 Å². The van der Waals surface area contributed by atoms with Crippen molar-refractivity contribution in [2.75, 3.05) is 25.0 Å². The maximum atomic E-state index is 12.2. The Morgan fingerprint density at radius 1 is 1.08 bits per heavy atom. The third kappa shape index (κ3) is 4.40. The van der Waals surface area contributed by atoms with Gasteiger partial charge in [-0.05, 0) is 43.9 Å². The molecule has 25 heavy (non-hydrogen) atoms. The van der Waals surface area contributed by atoms with E-state index in [1.165, 1.54) is 11.1 Å². The predicted molar refractivity (Wildman–Crippen MR) is 103 cm³/mol. The second-order valence-corrected chi connectivity index (χ2v) is 7.01. The zero-order chi connectivity index (χ0) is 17.7. The van der Waals surface area contributed by atoms with Gasteiger partial charge in [0.25, 0.3) is 0 Å². The van der Waals surface area contributed by atoms with Crippen LogP contribution in [0.5, 0.6) is 0 Å². The summed E-state index contributed by atoms with van der Waals surface area (Å²) in [7, 11) is 0. The highest BCUT2D eigenvalue weighted by atomic mass is 16.1. The molecule has 3 N–H and O–H groups in total. The van der Waals surface area contributed by atoms with E-state index < -0.39 is 5.54 Å². The Morgan fingerprint density at radius 3 is 2.32 bits per heavy atom. The standard InChI is InChI=1S/C21H27N3O/c1-17-7-9-19(10-8-17)23-21(20(22)25)12-15-24(16-13-21)14-11-18-5-3-2-4-6-18/h2-10,23H,11-16H2,1H3,(H2,22,25). The normalized spacial score (nSPS) is 17.2. The second-order valence-electron chi connectivity index (χ2n) is 7.01. The van der Waals surface area contributed by atoms with Crippen molar-refractivity contribution in [1.82, 2.24) is 4.90 Å². The Labute approximate surface area is 150 Å². The van der Waals surface area contributed by atoms with Crippen molar-refractivity contribution in [2.24, 2.45) is 5.73 Å². The highest BCUT2D eigenvalue weighted by Crippen LogP contribution is 2.27. The first-order valence-corrected chi connectivity index (χ1v) is 8.98. The first-order valence-electron chi connectivity index (χ1n) is 8.98. The van der Waals surface area contributed by atoms with Crippen LogP contribution in [-0.2, 0) is 11.2 Å². The van der Waals surface area contributed by atoms with E-state index in [0.717, 1.165) is 44.6 Å². The van der Waals surface area contributed by atoms with Crippen molar-refractivity contribution in [2.45, 2.75) is 31.7 Å². The number of aryl methyl sites for hydroxylation is 1. The molecule has 2 aromatic carbocycles. The number of rotatable bonds is 6. The topological polar surface area (TPSA) is 58.4 Å². The molecule has 0 aromatic heterocycles. The smallest absolute Gasteiger partial charge is 0.243 e. The summed E-state index contributed by atoms with van der Waals surface area (Å²) in [6.45, 7) is 4.84. The van der Waals surface area contributed by atoms with E-state index in [1.807, 2.05) is 30.3 Å². The van der Waals surface area contributed by atoms with Gasteiger partial charge in [-0.25, -0.2) is 0 Å². The zero-order valence-corrected chi connectivity index (χ0v) is 14.9. The van der Waals surface area contributed by atoms with Gasteiger partial charge in [-0.3, -0.25) is 4.79 Å². The van der Waals surface area contributed by atoms with E-state index in [2.05, 4.69) is 41.4 Å². The first-order chi connectivity index (χ1) is 12.1. The summed E-state index contributed by atoms with van der Waals surface area (Å²) in [5.41, 5.74) is 8.65. The fourth-order valence-corrected chi connectivity index (χ4v) is 3.44. The summed E-state index contributed by atoms with van der Waals surface area (Å²) in [6.07, 6.45) is 2.52. The van der Waals surface area contributed by atoms with Crippen LogP contribution < -0.4 is 11.1 Å². The zero-order valence-electron chi connectivity index (χ0n) is 14.9. The van der Waals surface area contributed by atoms with Crippen molar-refractivity contribution in [3.05, 3.63) is 65.7 Å². The number of nitrogens with one attached hydrogen (secondary N) is 1. The van der Waals surface area contributed by atoms with Gasteiger partial charge >= 0.3 is 0 Å². The number of piperidine rings is 1. The van der Waals surface area contributed by atoms with E-state index in [1.54, 1.807) is 0 Å². The summed E-state index contributed by atoms with van der Waals surface area (Å²) in [4.78, 5) is 14.6. The number of hydrogen-bond donors (Lipinski definition) is 2. The van der Waals surface area contributed by atoms with Gasteiger partial charge in [0.05, 0.1) is 0 Å². The lowest BCUT2D eigenvalue weighted by Crippen LogP contribution is -2.57. The van der Waals surface area contributed by atoms with Crippen molar-refractivity contribution < 1.29 is 4.79 Å². The van der Waals surface area contributed by atoms with E-state index in [0.29, 0.717) is 0 Å². The minimum Gasteiger partial charge on any atom is -0.371 e. The summed E-state index contributed by atoms with van der Waals surface area (Å²) >= 11 is 0. The third-order valence-corrected chi connectivity index (χ3v) is 5.18. The molecule has 0 atom stereocenters. The molecule has 4 heteroatoms. The van der Waals surface area contributed by atoms with Gasteiger partial charge < -0.3 is 16.0 Å². The maximum Gasteiger partial charge on any atom is 0.243 e. The van der Waals surface area contributed by atoms with Crippen LogP contribution in [0.25, 0.3) is 0 Å². The maximum absolute atomic E-state index is 12.2. The molecule has 1 amide bonds. The SMILES string of the molecule is Cc1ccc(NC2(C(N)=O)CCN(CCc3ccccc3)CC2)cc1. The number of nitrogens with two attached hydrogens (primary N) is 1. The van der Waals surface area contributed by atoms with Crippen LogP contribution in [0.2, 0.25) is 0 Å². The lowest BCUT2D eigenvalue weighted by molar-refractivity contribution is -0.123. The minimum atomic E-state index is -0.640. The van der Waals surface area contributed by atoms with Crippen LogP contribution in [0, 0.1) is 6.92 Å². The van der Waals surface area contributed by atoms with Crippen LogP contribution in [-0.4, -0.2) is 36.0 Å². The van der Waals surface area contributed by atoms with Crippen LogP contribution in [0.15, 0.2) is 54.6 Å². The number of carbonyl (C=O) groups excluding carboxylic acids is 1. The monoisotopic (exact) mass is 337 g/mol. The van der Waals surface area contributed by atoms with E-state index in [9.17, 15) is 4.79 Å². The molecular weight excluding hydrogens is 310 g/mol. The average Bonchev–Trinajstić information content (AvgIpc) is 2.64. The highest BCUT2D eigenvalue weighted by Gasteiger charge is 2.39. The number of carbonyl (C=O) groups is 1. The van der Waals surface area contributed by atoms with Gasteiger partial charge in [-0.1, -0.05) is 48.0 Å². The van der Waals surface area contributed by atoms with Crippen LogP contribution >= 0.6 is 0 Å². The molecule has 1 aliphatic rings. The van der Waals surface area contributed by atoms with Gasteiger partial charge in [0.15, 0.2) is 0 Å². The summed E-state index contributed by atoms with van der Waals surface area (Å²) in [6, 6.07) is 18.7. The number of amides is 1. The van der Waals surface area contributed by atoms with Crippen LogP contribution in [0.3, 0.4) is 0 Å². The minimum absolute atomic E-state index is 0.254. The molecule has 132 valence electrons. The van der Waals surface area contributed by atoms with Gasteiger partial charge in [0, 0.05) is 25.3 Å². The number of nitrogens with zero attached hydrogens (tertiary/aromatic N) is 1. The fourth-order valence-electron chi connectivity index (χ4n) is 3.44. The molecule has 0 aliphatic carbocycles. The summed E-state index contributed by atoms with van der Waals surface area (Å²) in [5, 5.41) is 3.41. The number of likely N-dealkylation sites (tertiary alicyclic amines) is 1. The van der Waals surface area contributed by atoms with Crippen LogP contribution in [0.4, 0.5) is 5.69 Å². The van der Waals surface area contributed by atoms with Crippen molar-refractivity contribution >= 4 is 11.6 Å². The molecule has 0 unspecified atom stereocenters. The van der Waals surface area contributed by atoms with Crippen molar-refractivity contribution in [3.8, 4) is 0 Å². The highest BCUT2D eigenvalue weighted by molar-refractivity contribution is 5.88. The Balaban J connectivity index is 1.58. The quantitative estimate of drug-likeness (QED) is 0.852. The molecule has 3 rings (SSSR count).